The van der Waals surface area contributed by atoms with E-state index in [1.165, 1.54) is 5.56 Å². The van der Waals surface area contributed by atoms with Gasteiger partial charge in [-0.15, -0.1) is 0 Å². The summed E-state index contributed by atoms with van der Waals surface area (Å²) in [4.78, 5) is 11.8. The van der Waals surface area contributed by atoms with Gasteiger partial charge in [-0.25, -0.2) is 4.79 Å². The third kappa shape index (κ3) is 3.75. The Balaban J connectivity index is 1.90. The van der Waals surface area contributed by atoms with Crippen molar-refractivity contribution in [2.24, 2.45) is 0 Å². The number of amides is 2. The molecule has 0 spiro atoms. The van der Waals surface area contributed by atoms with E-state index in [1.807, 2.05) is 38.1 Å². The average Bonchev–Trinajstić information content (AvgIpc) is 2.41. The second kappa shape index (κ2) is 6.10. The quantitative estimate of drug-likeness (QED) is 0.749. The Kier molecular flexibility index (Phi) is 4.25. The van der Waals surface area contributed by atoms with Crippen LogP contribution in [0.2, 0.25) is 0 Å². The Hall–Kier alpha value is -2.49. The predicted octanol–water partition coefficient (Wildman–Crippen LogP) is 3.33. The normalized spacial score (nSPS) is 10.1. The fourth-order valence-electron chi connectivity index (χ4n) is 1.84. The summed E-state index contributed by atoms with van der Waals surface area (Å²) in [6.45, 7) is 4.33. The number of aromatic hydroxyl groups is 1. The maximum absolute atomic E-state index is 11.8. The second-order valence-electron chi connectivity index (χ2n) is 4.79. The van der Waals surface area contributed by atoms with Crippen molar-refractivity contribution in [2.45, 2.75) is 20.4 Å². The number of hydrogen-bond acceptors (Lipinski definition) is 2. The second-order valence-corrected chi connectivity index (χ2v) is 4.79. The summed E-state index contributed by atoms with van der Waals surface area (Å²) >= 11 is 0. The molecule has 0 aliphatic heterocycles. The van der Waals surface area contributed by atoms with Crippen molar-refractivity contribution in [1.82, 2.24) is 5.32 Å². The molecule has 0 fully saturated rings. The maximum atomic E-state index is 11.8. The van der Waals surface area contributed by atoms with Crippen LogP contribution in [0.1, 0.15) is 16.7 Å². The van der Waals surface area contributed by atoms with Crippen molar-refractivity contribution in [3.63, 3.8) is 0 Å². The molecule has 0 aromatic heterocycles. The number of anilines is 1. The first-order valence-corrected chi connectivity index (χ1v) is 6.44. The van der Waals surface area contributed by atoms with Crippen LogP contribution in [-0.4, -0.2) is 11.1 Å². The standard InChI is InChI=1S/C16H18N2O2/c1-11-3-5-13(6-4-11)10-17-16(20)18-15-8-7-14(19)9-12(15)2/h3-9,19H,10H2,1-2H3,(H2,17,18,20). The van der Waals surface area contributed by atoms with E-state index in [1.54, 1.807) is 18.2 Å². The molecule has 0 heterocycles. The van der Waals surface area contributed by atoms with Crippen LogP contribution in [-0.2, 0) is 6.54 Å². The molecule has 4 nitrogen and oxygen atoms in total. The van der Waals surface area contributed by atoms with Crippen molar-refractivity contribution >= 4 is 11.7 Å². The average molecular weight is 270 g/mol. The summed E-state index contributed by atoms with van der Waals surface area (Å²) in [5, 5.41) is 14.9. The summed E-state index contributed by atoms with van der Waals surface area (Å²) < 4.78 is 0. The fourth-order valence-corrected chi connectivity index (χ4v) is 1.84. The Labute approximate surface area is 118 Å². The van der Waals surface area contributed by atoms with Crippen LogP contribution in [0, 0.1) is 13.8 Å². The largest absolute Gasteiger partial charge is 0.508 e. The van der Waals surface area contributed by atoms with E-state index in [-0.39, 0.29) is 11.8 Å². The third-order valence-corrected chi connectivity index (χ3v) is 3.03. The van der Waals surface area contributed by atoms with Crippen LogP contribution in [0.25, 0.3) is 0 Å². The van der Waals surface area contributed by atoms with Crippen molar-refractivity contribution in [3.05, 3.63) is 59.2 Å². The molecule has 2 rings (SSSR count). The van der Waals surface area contributed by atoms with Crippen molar-refractivity contribution in [1.29, 1.82) is 0 Å². The molecule has 0 aliphatic carbocycles. The summed E-state index contributed by atoms with van der Waals surface area (Å²) in [5.74, 6) is 0.188. The molecule has 0 bridgehead atoms. The molecule has 0 saturated carbocycles. The topological polar surface area (TPSA) is 61.4 Å². The molecule has 104 valence electrons. The fraction of sp³-hybridized carbons (Fsp3) is 0.188. The molecule has 20 heavy (non-hydrogen) atoms. The minimum Gasteiger partial charge on any atom is -0.508 e. The van der Waals surface area contributed by atoms with E-state index in [9.17, 15) is 9.90 Å². The Morgan fingerprint density at radius 3 is 2.45 bits per heavy atom. The van der Waals surface area contributed by atoms with Gasteiger partial charge in [0.15, 0.2) is 0 Å². The number of carbonyl (C=O) groups is 1. The number of benzene rings is 2. The highest BCUT2D eigenvalue weighted by Crippen LogP contribution is 2.19. The lowest BCUT2D eigenvalue weighted by molar-refractivity contribution is 0.251. The molecule has 2 amide bonds. The molecular weight excluding hydrogens is 252 g/mol. The van der Waals surface area contributed by atoms with E-state index in [0.29, 0.717) is 12.2 Å². The van der Waals surface area contributed by atoms with E-state index < -0.39 is 0 Å². The van der Waals surface area contributed by atoms with Crippen LogP contribution in [0.5, 0.6) is 5.75 Å². The van der Waals surface area contributed by atoms with Crippen LogP contribution < -0.4 is 10.6 Å². The number of nitrogens with one attached hydrogen (secondary N) is 2. The number of aryl methyl sites for hydroxylation is 2. The summed E-state index contributed by atoms with van der Waals surface area (Å²) in [5.41, 5.74) is 3.74. The van der Waals surface area contributed by atoms with E-state index >= 15 is 0 Å². The number of phenols is 1. The van der Waals surface area contributed by atoms with Gasteiger partial charge in [0.1, 0.15) is 5.75 Å². The highest BCUT2D eigenvalue weighted by Gasteiger charge is 2.04. The van der Waals surface area contributed by atoms with Gasteiger partial charge < -0.3 is 15.7 Å². The Bertz CT molecular complexity index is 606. The van der Waals surface area contributed by atoms with Gasteiger partial charge in [0.05, 0.1) is 0 Å². The van der Waals surface area contributed by atoms with Crippen LogP contribution in [0.3, 0.4) is 0 Å². The van der Waals surface area contributed by atoms with E-state index in [4.69, 9.17) is 0 Å². The van der Waals surface area contributed by atoms with Gasteiger partial charge in [0.2, 0.25) is 0 Å². The third-order valence-electron chi connectivity index (χ3n) is 3.03. The lowest BCUT2D eigenvalue weighted by atomic mass is 10.1. The zero-order valence-electron chi connectivity index (χ0n) is 11.6. The van der Waals surface area contributed by atoms with Gasteiger partial charge in [-0.2, -0.15) is 0 Å². The first kappa shape index (κ1) is 13.9. The van der Waals surface area contributed by atoms with Crippen LogP contribution in [0.4, 0.5) is 10.5 Å². The molecule has 3 N–H and O–H groups in total. The summed E-state index contributed by atoms with van der Waals surface area (Å²) in [6.07, 6.45) is 0. The van der Waals surface area contributed by atoms with E-state index in [0.717, 1.165) is 11.1 Å². The molecule has 0 saturated heterocycles. The van der Waals surface area contributed by atoms with Gasteiger partial charge in [0, 0.05) is 12.2 Å². The van der Waals surface area contributed by atoms with Crippen molar-refractivity contribution in [2.75, 3.05) is 5.32 Å². The van der Waals surface area contributed by atoms with Gasteiger partial charge in [-0.05, 0) is 43.2 Å². The molecule has 2 aromatic rings. The Morgan fingerprint density at radius 1 is 1.10 bits per heavy atom. The molecule has 4 heteroatoms. The highest BCUT2D eigenvalue weighted by atomic mass is 16.3. The minimum absolute atomic E-state index is 0.188. The lowest BCUT2D eigenvalue weighted by Crippen LogP contribution is -2.28. The predicted molar refractivity (Wildman–Crippen MR) is 79.9 cm³/mol. The molecular formula is C16H18N2O2. The van der Waals surface area contributed by atoms with Gasteiger partial charge in [0.25, 0.3) is 0 Å². The number of carbonyl (C=O) groups excluding carboxylic acids is 1. The smallest absolute Gasteiger partial charge is 0.319 e. The van der Waals surface area contributed by atoms with Gasteiger partial charge >= 0.3 is 6.03 Å². The molecule has 2 aromatic carbocycles. The first-order valence-electron chi connectivity index (χ1n) is 6.44. The van der Waals surface area contributed by atoms with Crippen molar-refractivity contribution in [3.8, 4) is 5.75 Å². The maximum Gasteiger partial charge on any atom is 0.319 e. The van der Waals surface area contributed by atoms with Gasteiger partial charge in [-0.3, -0.25) is 0 Å². The number of urea groups is 1. The SMILES string of the molecule is Cc1ccc(CNC(=O)Nc2ccc(O)cc2C)cc1. The van der Waals surface area contributed by atoms with E-state index in [2.05, 4.69) is 10.6 Å². The van der Waals surface area contributed by atoms with Crippen LogP contribution >= 0.6 is 0 Å². The van der Waals surface area contributed by atoms with Crippen LogP contribution in [0.15, 0.2) is 42.5 Å². The first-order chi connectivity index (χ1) is 9.54. The minimum atomic E-state index is -0.264. The Morgan fingerprint density at radius 2 is 1.80 bits per heavy atom. The zero-order valence-corrected chi connectivity index (χ0v) is 11.6. The lowest BCUT2D eigenvalue weighted by Gasteiger charge is -2.10. The molecule has 0 unspecified atom stereocenters. The molecule has 0 radical (unpaired) electrons. The highest BCUT2D eigenvalue weighted by molar-refractivity contribution is 5.90. The molecule has 0 atom stereocenters. The molecule has 0 aliphatic rings. The summed E-state index contributed by atoms with van der Waals surface area (Å²) in [7, 11) is 0. The zero-order chi connectivity index (χ0) is 14.5. The number of hydrogen-bond donors (Lipinski definition) is 3. The summed E-state index contributed by atoms with van der Waals surface area (Å²) in [6, 6.07) is 12.6. The van der Waals surface area contributed by atoms with Crippen molar-refractivity contribution < 1.29 is 9.90 Å². The monoisotopic (exact) mass is 270 g/mol. The number of rotatable bonds is 3. The number of phenolic OH excluding ortho intramolecular Hbond substituents is 1. The van der Waals surface area contributed by atoms with Gasteiger partial charge in [-0.1, -0.05) is 29.8 Å².